The van der Waals surface area contributed by atoms with Crippen molar-refractivity contribution in [2.75, 3.05) is 19.7 Å². The van der Waals surface area contributed by atoms with Gasteiger partial charge in [0, 0.05) is 23.4 Å². The Morgan fingerprint density at radius 1 is 1.47 bits per heavy atom. The third kappa shape index (κ3) is 3.04. The molecule has 1 aliphatic heterocycles. The topological polar surface area (TPSA) is 21.3 Å². The summed E-state index contributed by atoms with van der Waals surface area (Å²) < 4.78 is 6.14. The van der Waals surface area contributed by atoms with Crippen molar-refractivity contribution in [3.8, 4) is 0 Å². The summed E-state index contributed by atoms with van der Waals surface area (Å²) in [6.45, 7) is 5.45. The molecule has 1 saturated carbocycles. The molecule has 1 aromatic rings. The molecule has 0 bridgehead atoms. The number of nitrogens with one attached hydrogen (secondary N) is 1. The van der Waals surface area contributed by atoms with Crippen molar-refractivity contribution in [2.24, 2.45) is 11.3 Å². The summed E-state index contributed by atoms with van der Waals surface area (Å²) in [5.41, 5.74) is 0.348. The van der Waals surface area contributed by atoms with Crippen LogP contribution in [0.2, 0.25) is 0 Å². The van der Waals surface area contributed by atoms with Crippen LogP contribution in [0.4, 0.5) is 0 Å². The van der Waals surface area contributed by atoms with E-state index in [1.165, 1.54) is 37.0 Å². The number of thiophene rings is 1. The average molecular weight is 279 g/mol. The van der Waals surface area contributed by atoms with Gasteiger partial charge in [0.05, 0.1) is 6.10 Å². The number of hydrogen-bond donors (Lipinski definition) is 1. The molecule has 0 radical (unpaired) electrons. The molecule has 2 unspecified atom stereocenters. The lowest BCUT2D eigenvalue weighted by atomic mass is 9.75. The van der Waals surface area contributed by atoms with Gasteiger partial charge in [0.2, 0.25) is 0 Å². The monoisotopic (exact) mass is 279 g/mol. The highest BCUT2D eigenvalue weighted by molar-refractivity contribution is 7.09. The van der Waals surface area contributed by atoms with Crippen LogP contribution < -0.4 is 5.32 Å². The van der Waals surface area contributed by atoms with Gasteiger partial charge in [-0.15, -0.1) is 11.3 Å². The Hall–Kier alpha value is -0.380. The second-order valence-electron chi connectivity index (χ2n) is 6.17. The summed E-state index contributed by atoms with van der Waals surface area (Å²) in [4.78, 5) is 1.52. The first-order chi connectivity index (χ1) is 9.34. The quantitative estimate of drug-likeness (QED) is 0.772. The molecule has 2 aliphatic rings. The third-order valence-corrected chi connectivity index (χ3v) is 5.44. The molecule has 2 nitrogen and oxygen atoms in total. The minimum Gasteiger partial charge on any atom is -0.377 e. The highest BCUT2D eigenvalue weighted by Gasteiger charge is 2.50. The molecule has 2 atom stereocenters. The predicted molar refractivity (Wildman–Crippen MR) is 80.7 cm³/mol. The largest absolute Gasteiger partial charge is 0.377 e. The van der Waals surface area contributed by atoms with Crippen molar-refractivity contribution in [3.63, 3.8) is 0 Å². The van der Waals surface area contributed by atoms with Crippen LogP contribution in [0.1, 0.15) is 37.5 Å². The van der Waals surface area contributed by atoms with Gasteiger partial charge in [-0.3, -0.25) is 0 Å². The fraction of sp³-hybridized carbons (Fsp3) is 0.750. The maximum Gasteiger partial charge on any atom is 0.0675 e. The predicted octanol–water partition coefficient (Wildman–Crippen LogP) is 3.48. The van der Waals surface area contributed by atoms with Crippen LogP contribution in [-0.4, -0.2) is 25.8 Å². The molecule has 0 spiro atoms. The highest BCUT2D eigenvalue weighted by atomic mass is 32.1. The van der Waals surface area contributed by atoms with Crippen LogP contribution in [0.25, 0.3) is 0 Å². The first-order valence-corrected chi connectivity index (χ1v) is 8.57. The SMILES string of the molecule is CCCNCC1(Cc2cccs2)CCOC1C1CC1. The van der Waals surface area contributed by atoms with Crippen LogP contribution in [0.3, 0.4) is 0 Å². The summed E-state index contributed by atoms with van der Waals surface area (Å²) in [6, 6.07) is 4.46. The van der Waals surface area contributed by atoms with E-state index in [4.69, 9.17) is 4.74 Å². The summed E-state index contributed by atoms with van der Waals surface area (Å²) in [5.74, 6) is 0.839. The minimum absolute atomic E-state index is 0.348. The highest BCUT2D eigenvalue weighted by Crippen LogP contribution is 2.49. The van der Waals surface area contributed by atoms with Crippen molar-refractivity contribution < 1.29 is 4.74 Å². The molecule has 0 amide bonds. The van der Waals surface area contributed by atoms with E-state index in [0.29, 0.717) is 11.5 Å². The lowest BCUT2D eigenvalue weighted by Crippen LogP contribution is -2.43. The molecule has 106 valence electrons. The maximum absolute atomic E-state index is 6.14. The molecule has 0 aromatic carbocycles. The van der Waals surface area contributed by atoms with E-state index < -0.39 is 0 Å². The van der Waals surface area contributed by atoms with Crippen molar-refractivity contribution >= 4 is 11.3 Å². The lowest BCUT2D eigenvalue weighted by Gasteiger charge is -2.34. The van der Waals surface area contributed by atoms with Gasteiger partial charge in [-0.2, -0.15) is 0 Å². The van der Waals surface area contributed by atoms with Crippen LogP contribution >= 0.6 is 11.3 Å². The standard InChI is InChI=1S/C16H25NOS/c1-2-8-17-12-16(11-14-4-3-10-19-14)7-9-18-15(16)13-5-6-13/h3-4,10,13,15,17H,2,5-9,11-12H2,1H3. The van der Waals surface area contributed by atoms with Gasteiger partial charge in [0.25, 0.3) is 0 Å². The fourth-order valence-electron chi connectivity index (χ4n) is 3.46. The Morgan fingerprint density at radius 3 is 3.05 bits per heavy atom. The van der Waals surface area contributed by atoms with Crippen LogP contribution in [0.5, 0.6) is 0 Å². The van der Waals surface area contributed by atoms with Crippen molar-refractivity contribution in [1.29, 1.82) is 0 Å². The van der Waals surface area contributed by atoms with Gasteiger partial charge in [0.1, 0.15) is 0 Å². The molecule has 3 rings (SSSR count). The first-order valence-electron chi connectivity index (χ1n) is 7.69. The Labute approximate surface area is 120 Å². The second kappa shape index (κ2) is 5.94. The van der Waals surface area contributed by atoms with E-state index in [2.05, 4.69) is 29.8 Å². The van der Waals surface area contributed by atoms with Crippen molar-refractivity contribution in [3.05, 3.63) is 22.4 Å². The lowest BCUT2D eigenvalue weighted by molar-refractivity contribution is 0.0310. The first kappa shape index (κ1) is 13.6. The van der Waals surface area contributed by atoms with Gasteiger partial charge < -0.3 is 10.1 Å². The van der Waals surface area contributed by atoms with E-state index in [0.717, 1.165) is 25.6 Å². The Bertz CT molecular complexity index is 387. The van der Waals surface area contributed by atoms with Crippen LogP contribution in [-0.2, 0) is 11.2 Å². The van der Waals surface area contributed by atoms with Gasteiger partial charge in [-0.05, 0) is 56.0 Å². The van der Waals surface area contributed by atoms with Gasteiger partial charge in [-0.25, -0.2) is 0 Å². The molecule has 2 heterocycles. The van der Waals surface area contributed by atoms with E-state index in [-0.39, 0.29) is 0 Å². The van der Waals surface area contributed by atoms with Gasteiger partial charge in [-0.1, -0.05) is 13.0 Å². The van der Waals surface area contributed by atoms with E-state index in [1.54, 1.807) is 0 Å². The van der Waals surface area contributed by atoms with E-state index in [1.807, 2.05) is 11.3 Å². The minimum atomic E-state index is 0.348. The number of hydrogen-bond acceptors (Lipinski definition) is 3. The Kier molecular flexibility index (Phi) is 4.25. The summed E-state index contributed by atoms with van der Waals surface area (Å²) in [6.07, 6.45) is 6.89. The van der Waals surface area contributed by atoms with Gasteiger partial charge >= 0.3 is 0 Å². The zero-order chi connectivity index (χ0) is 13.1. The van der Waals surface area contributed by atoms with Crippen molar-refractivity contribution in [2.45, 2.75) is 45.1 Å². The molecule has 1 aromatic heterocycles. The molecule has 1 aliphatic carbocycles. The maximum atomic E-state index is 6.14. The normalized spacial score (nSPS) is 30.9. The van der Waals surface area contributed by atoms with E-state index in [9.17, 15) is 0 Å². The molecule has 2 fully saturated rings. The molecule has 3 heteroatoms. The number of rotatable bonds is 7. The molecule has 1 N–H and O–H groups in total. The Balaban J connectivity index is 1.73. The summed E-state index contributed by atoms with van der Waals surface area (Å²) in [5, 5.41) is 5.87. The fourth-order valence-corrected chi connectivity index (χ4v) is 4.32. The zero-order valence-electron chi connectivity index (χ0n) is 11.9. The van der Waals surface area contributed by atoms with Crippen LogP contribution in [0, 0.1) is 11.3 Å². The summed E-state index contributed by atoms with van der Waals surface area (Å²) in [7, 11) is 0. The molecular weight excluding hydrogens is 254 g/mol. The Morgan fingerprint density at radius 2 is 2.37 bits per heavy atom. The van der Waals surface area contributed by atoms with E-state index >= 15 is 0 Å². The van der Waals surface area contributed by atoms with Crippen molar-refractivity contribution in [1.82, 2.24) is 5.32 Å². The average Bonchev–Trinajstić information content (AvgIpc) is 2.97. The zero-order valence-corrected chi connectivity index (χ0v) is 12.7. The second-order valence-corrected chi connectivity index (χ2v) is 7.21. The van der Waals surface area contributed by atoms with Gasteiger partial charge in [0.15, 0.2) is 0 Å². The molecule has 1 saturated heterocycles. The van der Waals surface area contributed by atoms with Crippen LogP contribution in [0.15, 0.2) is 17.5 Å². The smallest absolute Gasteiger partial charge is 0.0675 e. The third-order valence-electron chi connectivity index (χ3n) is 4.56. The number of ether oxygens (including phenoxy) is 1. The summed E-state index contributed by atoms with van der Waals surface area (Å²) >= 11 is 1.90. The molecular formula is C16H25NOS. The molecule has 19 heavy (non-hydrogen) atoms.